The van der Waals surface area contributed by atoms with Gasteiger partial charge < -0.3 is 14.8 Å². The molecule has 0 aliphatic carbocycles. The molecular formula is C20H22N2O7S. The highest BCUT2D eigenvalue weighted by molar-refractivity contribution is 7.92. The van der Waals surface area contributed by atoms with Crippen molar-refractivity contribution in [3.8, 4) is 0 Å². The van der Waals surface area contributed by atoms with Crippen molar-refractivity contribution in [1.29, 1.82) is 0 Å². The molecule has 9 nitrogen and oxygen atoms in total. The van der Waals surface area contributed by atoms with Crippen molar-refractivity contribution in [2.75, 3.05) is 36.6 Å². The summed E-state index contributed by atoms with van der Waals surface area (Å²) in [5, 5.41) is 2.60. The van der Waals surface area contributed by atoms with Crippen LogP contribution in [0.4, 0.5) is 11.4 Å². The monoisotopic (exact) mass is 434 g/mol. The first-order valence-electron chi connectivity index (χ1n) is 8.82. The van der Waals surface area contributed by atoms with Gasteiger partial charge >= 0.3 is 11.9 Å². The van der Waals surface area contributed by atoms with Gasteiger partial charge in [0, 0.05) is 18.3 Å². The maximum absolute atomic E-state index is 12.6. The fraction of sp³-hybridized carbons (Fsp3) is 0.250. The molecule has 0 bridgehead atoms. The van der Waals surface area contributed by atoms with E-state index in [0.717, 1.165) is 4.31 Å². The lowest BCUT2D eigenvalue weighted by Gasteiger charge is -2.18. The number of ether oxygens (including phenoxy) is 2. The normalized spacial score (nSPS) is 10.8. The highest BCUT2D eigenvalue weighted by Crippen LogP contribution is 2.20. The smallest absolute Gasteiger partial charge is 0.337 e. The van der Waals surface area contributed by atoms with Crippen LogP contribution in [-0.2, 0) is 19.5 Å². The Morgan fingerprint density at radius 3 is 1.83 bits per heavy atom. The average molecular weight is 434 g/mol. The molecule has 10 heteroatoms. The molecule has 0 heterocycles. The van der Waals surface area contributed by atoms with E-state index < -0.39 is 27.9 Å². The second kappa shape index (κ2) is 9.40. The molecule has 1 amide bonds. The Hall–Kier alpha value is -3.40. The largest absolute Gasteiger partial charge is 0.465 e. The maximum atomic E-state index is 12.6. The second-order valence-corrected chi connectivity index (χ2v) is 8.44. The van der Waals surface area contributed by atoms with E-state index in [9.17, 15) is 22.8 Å². The molecule has 0 atom stereocenters. The number of benzene rings is 2. The summed E-state index contributed by atoms with van der Waals surface area (Å²) in [6, 6.07) is 9.99. The topological polar surface area (TPSA) is 119 Å². The third-order valence-electron chi connectivity index (χ3n) is 4.31. The van der Waals surface area contributed by atoms with E-state index in [4.69, 9.17) is 0 Å². The number of hydrogen-bond donors (Lipinski definition) is 1. The van der Waals surface area contributed by atoms with Crippen molar-refractivity contribution in [3.63, 3.8) is 0 Å². The summed E-state index contributed by atoms with van der Waals surface area (Å²) in [6.07, 6.45) is 0. The first kappa shape index (κ1) is 22.9. The van der Waals surface area contributed by atoms with E-state index in [0.29, 0.717) is 5.69 Å². The van der Waals surface area contributed by atoms with Crippen molar-refractivity contribution >= 4 is 39.2 Å². The zero-order valence-corrected chi connectivity index (χ0v) is 17.8. The molecule has 0 saturated heterocycles. The van der Waals surface area contributed by atoms with Crippen molar-refractivity contribution in [3.05, 3.63) is 59.2 Å². The zero-order valence-electron chi connectivity index (χ0n) is 17.0. The highest BCUT2D eigenvalue weighted by Gasteiger charge is 2.18. The molecule has 2 aromatic rings. The van der Waals surface area contributed by atoms with Gasteiger partial charge in [0.2, 0.25) is 10.0 Å². The van der Waals surface area contributed by atoms with Crippen molar-refractivity contribution in [2.24, 2.45) is 0 Å². The van der Waals surface area contributed by atoms with Crippen molar-refractivity contribution in [1.82, 2.24) is 0 Å². The van der Waals surface area contributed by atoms with Crippen LogP contribution in [0.3, 0.4) is 0 Å². The Kier molecular flexibility index (Phi) is 7.17. The quantitative estimate of drug-likeness (QED) is 0.664. The molecule has 0 spiro atoms. The Bertz CT molecular complexity index is 1030. The highest BCUT2D eigenvalue weighted by atomic mass is 32.2. The number of nitrogens with one attached hydrogen (secondary N) is 1. The van der Waals surface area contributed by atoms with E-state index in [1.54, 1.807) is 6.92 Å². The van der Waals surface area contributed by atoms with Crippen LogP contribution in [0.15, 0.2) is 42.5 Å². The van der Waals surface area contributed by atoms with E-state index >= 15 is 0 Å². The fourth-order valence-corrected chi connectivity index (χ4v) is 3.38. The van der Waals surface area contributed by atoms with Gasteiger partial charge in [0.1, 0.15) is 0 Å². The van der Waals surface area contributed by atoms with Gasteiger partial charge in [-0.05, 0) is 49.4 Å². The summed E-state index contributed by atoms with van der Waals surface area (Å²) in [4.78, 5) is 36.3. The van der Waals surface area contributed by atoms with Crippen LogP contribution in [0, 0.1) is 0 Å². The second-order valence-electron chi connectivity index (χ2n) is 6.15. The number of sulfonamides is 1. The Morgan fingerprint density at radius 2 is 1.40 bits per heavy atom. The van der Waals surface area contributed by atoms with Gasteiger partial charge in [0.05, 0.1) is 36.8 Å². The van der Waals surface area contributed by atoms with Crippen LogP contribution in [-0.4, -0.2) is 53.3 Å². The van der Waals surface area contributed by atoms with Gasteiger partial charge in [-0.25, -0.2) is 18.0 Å². The van der Waals surface area contributed by atoms with E-state index in [1.165, 1.54) is 63.7 Å². The summed E-state index contributed by atoms with van der Waals surface area (Å²) in [6.45, 7) is 1.54. The van der Waals surface area contributed by atoms with Crippen LogP contribution in [0.1, 0.15) is 38.0 Å². The molecule has 0 aliphatic heterocycles. The SMILES string of the molecule is CCS(=O)(=O)N(C)c1ccc(C(=O)Nc2cc(C(=O)OC)cc(C(=O)OC)c2)cc1. The molecule has 160 valence electrons. The minimum absolute atomic E-state index is 0.0508. The Balaban J connectivity index is 2.29. The average Bonchev–Trinajstić information content (AvgIpc) is 2.77. The van der Waals surface area contributed by atoms with Crippen molar-refractivity contribution in [2.45, 2.75) is 6.92 Å². The molecule has 0 aromatic heterocycles. The molecule has 2 aromatic carbocycles. The summed E-state index contributed by atoms with van der Waals surface area (Å²) >= 11 is 0. The lowest BCUT2D eigenvalue weighted by molar-refractivity contribution is 0.0598. The van der Waals surface area contributed by atoms with Crippen LogP contribution >= 0.6 is 0 Å². The predicted molar refractivity (Wildman–Crippen MR) is 111 cm³/mol. The number of carbonyl (C=O) groups excluding carboxylic acids is 3. The lowest BCUT2D eigenvalue weighted by Crippen LogP contribution is -2.28. The van der Waals surface area contributed by atoms with Crippen LogP contribution in [0.2, 0.25) is 0 Å². The van der Waals surface area contributed by atoms with Gasteiger partial charge in [-0.15, -0.1) is 0 Å². The molecule has 0 saturated carbocycles. The summed E-state index contributed by atoms with van der Waals surface area (Å²) in [5.41, 5.74) is 0.992. The van der Waals surface area contributed by atoms with Gasteiger partial charge in [-0.1, -0.05) is 0 Å². The number of anilines is 2. The van der Waals surface area contributed by atoms with Crippen LogP contribution < -0.4 is 9.62 Å². The number of nitrogens with zero attached hydrogens (tertiary/aromatic N) is 1. The Morgan fingerprint density at radius 1 is 0.900 bits per heavy atom. The minimum atomic E-state index is -3.42. The zero-order chi connectivity index (χ0) is 22.5. The number of methoxy groups -OCH3 is 2. The summed E-state index contributed by atoms with van der Waals surface area (Å²) < 4.78 is 34.4. The van der Waals surface area contributed by atoms with E-state index in [-0.39, 0.29) is 28.1 Å². The molecule has 0 unspecified atom stereocenters. The molecule has 1 N–H and O–H groups in total. The van der Waals surface area contributed by atoms with Crippen LogP contribution in [0.5, 0.6) is 0 Å². The van der Waals surface area contributed by atoms with Gasteiger partial charge in [0.15, 0.2) is 0 Å². The Labute approximate surface area is 174 Å². The molecule has 30 heavy (non-hydrogen) atoms. The standard InChI is InChI=1S/C20H22N2O7S/c1-5-30(26,27)22(2)17-8-6-13(7-9-17)18(23)21-16-11-14(19(24)28-3)10-15(12-16)20(25)29-4/h6-12H,5H2,1-4H3,(H,21,23). The molecule has 2 rings (SSSR count). The number of amides is 1. The van der Waals surface area contributed by atoms with Gasteiger partial charge in [-0.3, -0.25) is 9.10 Å². The number of rotatable bonds is 7. The molecule has 0 radical (unpaired) electrons. The predicted octanol–water partition coefficient (Wildman–Crippen LogP) is 2.30. The third kappa shape index (κ3) is 5.15. The fourth-order valence-electron chi connectivity index (χ4n) is 2.55. The third-order valence-corrected chi connectivity index (χ3v) is 6.08. The van der Waals surface area contributed by atoms with Crippen molar-refractivity contribution < 1.29 is 32.3 Å². The maximum Gasteiger partial charge on any atom is 0.337 e. The number of carbonyl (C=O) groups is 3. The van der Waals surface area contributed by atoms with Gasteiger partial charge in [0.25, 0.3) is 5.91 Å². The molecule has 0 fully saturated rings. The summed E-state index contributed by atoms with van der Waals surface area (Å²) in [5.74, 6) is -1.92. The molecule has 0 aliphatic rings. The van der Waals surface area contributed by atoms with Crippen LogP contribution in [0.25, 0.3) is 0 Å². The summed E-state index contributed by atoms with van der Waals surface area (Å²) in [7, 11) is 0.407. The number of esters is 2. The number of hydrogen-bond acceptors (Lipinski definition) is 7. The first-order valence-corrected chi connectivity index (χ1v) is 10.4. The molecular weight excluding hydrogens is 412 g/mol. The van der Waals surface area contributed by atoms with Gasteiger partial charge in [-0.2, -0.15) is 0 Å². The van der Waals surface area contributed by atoms with E-state index in [2.05, 4.69) is 14.8 Å². The lowest BCUT2D eigenvalue weighted by atomic mass is 10.1. The first-order chi connectivity index (χ1) is 14.1. The minimum Gasteiger partial charge on any atom is -0.465 e. The van der Waals surface area contributed by atoms with E-state index in [1.807, 2.05) is 0 Å².